The molecule has 0 aliphatic rings. The number of carbonyl (C=O) groups is 2. The largest absolute Gasteiger partial charge is 0.478 e. The summed E-state index contributed by atoms with van der Waals surface area (Å²) < 4.78 is 2.08. The Kier molecular flexibility index (Phi) is 4.33. The van der Waals surface area contributed by atoms with Crippen LogP contribution in [0.3, 0.4) is 0 Å². The lowest BCUT2D eigenvalue weighted by Gasteiger charge is -2.04. The lowest BCUT2D eigenvalue weighted by Crippen LogP contribution is -2.14. The highest BCUT2D eigenvalue weighted by molar-refractivity contribution is 9.10. The summed E-state index contributed by atoms with van der Waals surface area (Å²) in [6, 6.07) is 21.1. The van der Waals surface area contributed by atoms with Crippen LogP contribution in [-0.4, -0.2) is 26.8 Å². The molecule has 0 saturated heterocycles. The zero-order valence-electron chi connectivity index (χ0n) is 14.0. The van der Waals surface area contributed by atoms with Crippen molar-refractivity contribution in [1.82, 2.24) is 9.78 Å². The van der Waals surface area contributed by atoms with Crippen LogP contribution in [-0.2, 0) is 0 Å². The molecule has 0 bridgehead atoms. The minimum Gasteiger partial charge on any atom is -0.478 e. The first kappa shape index (κ1) is 17.2. The second-order valence-electron chi connectivity index (χ2n) is 5.95. The fourth-order valence-electron chi connectivity index (χ4n) is 2.95. The van der Waals surface area contributed by atoms with Crippen LogP contribution in [0.1, 0.15) is 20.7 Å². The lowest BCUT2D eigenvalue weighted by molar-refractivity contribution is 0.0696. The first-order valence-electron chi connectivity index (χ1n) is 8.17. The van der Waals surface area contributed by atoms with E-state index in [1.54, 1.807) is 24.3 Å². The van der Waals surface area contributed by atoms with Gasteiger partial charge in [-0.2, -0.15) is 9.78 Å². The average molecular weight is 421 g/mol. The molecular weight excluding hydrogens is 408 g/mol. The number of rotatable bonds is 3. The molecule has 27 heavy (non-hydrogen) atoms. The number of carboxylic acids is 1. The zero-order chi connectivity index (χ0) is 19.0. The van der Waals surface area contributed by atoms with E-state index >= 15 is 0 Å². The second-order valence-corrected chi connectivity index (χ2v) is 6.80. The van der Waals surface area contributed by atoms with Crippen molar-refractivity contribution in [3.63, 3.8) is 0 Å². The van der Waals surface area contributed by atoms with Crippen molar-refractivity contribution >= 4 is 38.7 Å². The van der Waals surface area contributed by atoms with Gasteiger partial charge >= 0.3 is 5.97 Å². The van der Waals surface area contributed by atoms with Gasteiger partial charge in [0.25, 0.3) is 5.91 Å². The summed E-state index contributed by atoms with van der Waals surface area (Å²) in [7, 11) is 0. The zero-order valence-corrected chi connectivity index (χ0v) is 15.6. The quantitative estimate of drug-likeness (QED) is 0.513. The smallest absolute Gasteiger partial charge is 0.335 e. The summed E-state index contributed by atoms with van der Waals surface area (Å²) >= 11 is 3.41. The molecule has 6 heteroatoms. The van der Waals surface area contributed by atoms with Gasteiger partial charge in [0.2, 0.25) is 0 Å². The van der Waals surface area contributed by atoms with Crippen LogP contribution in [0.4, 0.5) is 0 Å². The average Bonchev–Trinajstić information content (AvgIpc) is 3.08. The maximum absolute atomic E-state index is 13.1. The standard InChI is InChI=1S/C21H13BrN2O3/c22-17-7-3-1-5-15(17)20(25)24-18-8-4-2-6-16(18)19(23-24)13-9-11-14(12-10-13)21(26)27/h1-12H,(H,26,27). The maximum Gasteiger partial charge on any atom is 0.335 e. The van der Waals surface area contributed by atoms with Gasteiger partial charge in [-0.05, 0) is 46.3 Å². The highest BCUT2D eigenvalue weighted by Gasteiger charge is 2.19. The van der Waals surface area contributed by atoms with Crippen LogP contribution in [0, 0.1) is 0 Å². The second kappa shape index (κ2) is 6.81. The van der Waals surface area contributed by atoms with Gasteiger partial charge in [0.1, 0.15) is 5.69 Å². The molecule has 1 heterocycles. The van der Waals surface area contributed by atoms with Crippen LogP contribution in [0.2, 0.25) is 0 Å². The van der Waals surface area contributed by atoms with Crippen LogP contribution >= 0.6 is 15.9 Å². The molecule has 0 radical (unpaired) electrons. The van der Waals surface area contributed by atoms with Crippen molar-refractivity contribution in [2.24, 2.45) is 0 Å². The molecule has 4 rings (SSSR count). The van der Waals surface area contributed by atoms with Gasteiger partial charge in [-0.3, -0.25) is 4.79 Å². The van der Waals surface area contributed by atoms with Crippen LogP contribution in [0.15, 0.2) is 77.3 Å². The predicted molar refractivity (Wildman–Crippen MR) is 106 cm³/mol. The first-order chi connectivity index (χ1) is 13.1. The van der Waals surface area contributed by atoms with E-state index in [2.05, 4.69) is 21.0 Å². The number of carbonyl (C=O) groups excluding carboxylic acids is 1. The van der Waals surface area contributed by atoms with E-state index in [1.165, 1.54) is 16.8 Å². The maximum atomic E-state index is 13.1. The summed E-state index contributed by atoms with van der Waals surface area (Å²) in [6.45, 7) is 0. The fourth-order valence-corrected chi connectivity index (χ4v) is 3.41. The van der Waals surface area contributed by atoms with E-state index in [0.29, 0.717) is 21.2 Å². The first-order valence-corrected chi connectivity index (χ1v) is 8.96. The van der Waals surface area contributed by atoms with Gasteiger partial charge < -0.3 is 5.11 Å². The number of carboxylic acid groups (broad SMARTS) is 1. The molecule has 0 aliphatic carbocycles. The number of halogens is 1. The molecule has 5 nitrogen and oxygen atoms in total. The Hall–Kier alpha value is -3.25. The minimum absolute atomic E-state index is 0.201. The normalized spacial score (nSPS) is 10.9. The Labute approximate surface area is 163 Å². The lowest BCUT2D eigenvalue weighted by atomic mass is 10.1. The third kappa shape index (κ3) is 3.04. The van der Waals surface area contributed by atoms with E-state index in [4.69, 9.17) is 5.11 Å². The van der Waals surface area contributed by atoms with E-state index in [-0.39, 0.29) is 11.5 Å². The number of aromatic nitrogens is 2. The molecule has 0 fully saturated rings. The highest BCUT2D eigenvalue weighted by atomic mass is 79.9. The van der Waals surface area contributed by atoms with Crippen molar-refractivity contribution in [2.45, 2.75) is 0 Å². The summed E-state index contributed by atoms with van der Waals surface area (Å²) in [4.78, 5) is 24.1. The number of para-hydroxylation sites is 1. The molecule has 4 aromatic rings. The minimum atomic E-state index is -0.985. The molecule has 1 aromatic heterocycles. The summed E-state index contributed by atoms with van der Waals surface area (Å²) in [5.74, 6) is -1.23. The molecule has 3 aromatic carbocycles. The number of hydrogen-bond donors (Lipinski definition) is 1. The third-order valence-corrected chi connectivity index (χ3v) is 4.98. The summed E-state index contributed by atoms with van der Waals surface area (Å²) in [5.41, 5.74) is 2.78. The van der Waals surface area contributed by atoms with E-state index in [1.807, 2.05) is 36.4 Å². The number of aromatic carboxylic acids is 1. The molecule has 0 saturated carbocycles. The molecule has 0 unspecified atom stereocenters. The topological polar surface area (TPSA) is 72.2 Å². The van der Waals surface area contributed by atoms with Crippen molar-refractivity contribution < 1.29 is 14.7 Å². The molecule has 0 spiro atoms. The third-order valence-electron chi connectivity index (χ3n) is 4.29. The van der Waals surface area contributed by atoms with Crippen LogP contribution < -0.4 is 0 Å². The van der Waals surface area contributed by atoms with E-state index in [9.17, 15) is 9.59 Å². The molecular formula is C21H13BrN2O3. The number of hydrogen-bond acceptors (Lipinski definition) is 3. The van der Waals surface area contributed by atoms with Crippen molar-refractivity contribution in [3.05, 3.63) is 88.4 Å². The Morgan fingerprint density at radius 2 is 1.56 bits per heavy atom. The van der Waals surface area contributed by atoms with Crippen molar-refractivity contribution in [2.75, 3.05) is 0 Å². The van der Waals surface area contributed by atoms with Gasteiger partial charge in [0.05, 0.1) is 16.6 Å². The van der Waals surface area contributed by atoms with Gasteiger partial charge in [0, 0.05) is 15.4 Å². The van der Waals surface area contributed by atoms with Gasteiger partial charge in [0.15, 0.2) is 0 Å². The Morgan fingerprint density at radius 3 is 2.26 bits per heavy atom. The monoisotopic (exact) mass is 420 g/mol. The predicted octanol–water partition coefficient (Wildman–Crippen LogP) is 4.85. The van der Waals surface area contributed by atoms with Crippen molar-refractivity contribution in [1.29, 1.82) is 0 Å². The Bertz CT molecular complexity index is 1180. The number of benzene rings is 3. The molecule has 132 valence electrons. The van der Waals surface area contributed by atoms with Crippen molar-refractivity contribution in [3.8, 4) is 11.3 Å². The number of fused-ring (bicyclic) bond motifs is 1. The van der Waals surface area contributed by atoms with Gasteiger partial charge in [-0.15, -0.1) is 0 Å². The highest BCUT2D eigenvalue weighted by Crippen LogP contribution is 2.29. The van der Waals surface area contributed by atoms with E-state index < -0.39 is 5.97 Å². The summed E-state index contributed by atoms with van der Waals surface area (Å²) in [5, 5.41) is 14.4. The molecule has 0 aliphatic heterocycles. The molecule has 1 N–H and O–H groups in total. The fraction of sp³-hybridized carbons (Fsp3) is 0. The van der Waals surface area contributed by atoms with Gasteiger partial charge in [-0.1, -0.05) is 42.5 Å². The van der Waals surface area contributed by atoms with Crippen LogP contribution in [0.5, 0.6) is 0 Å². The van der Waals surface area contributed by atoms with Crippen LogP contribution in [0.25, 0.3) is 22.2 Å². The number of nitrogens with zero attached hydrogens (tertiary/aromatic N) is 2. The molecule has 0 amide bonds. The SMILES string of the molecule is O=C(O)c1ccc(-c2nn(C(=O)c3ccccc3Br)c3ccccc23)cc1. The summed E-state index contributed by atoms with van der Waals surface area (Å²) in [6.07, 6.45) is 0. The van der Waals surface area contributed by atoms with E-state index in [0.717, 1.165) is 10.9 Å². The van der Waals surface area contributed by atoms with Gasteiger partial charge in [-0.25, -0.2) is 4.79 Å². The Morgan fingerprint density at radius 1 is 0.889 bits per heavy atom. The Balaban J connectivity index is 1.88. The molecule has 0 atom stereocenters.